The van der Waals surface area contributed by atoms with E-state index in [4.69, 9.17) is 35.2 Å². The van der Waals surface area contributed by atoms with E-state index in [0.29, 0.717) is 32.1 Å². The number of aliphatic carboxylic acids is 1. The van der Waals surface area contributed by atoms with Crippen LogP contribution in [0.5, 0.6) is 0 Å². The van der Waals surface area contributed by atoms with Gasteiger partial charge in [-0.2, -0.15) is 0 Å². The van der Waals surface area contributed by atoms with Crippen molar-refractivity contribution in [2.45, 2.75) is 128 Å². The normalized spacial score (nSPS) is 29.9. The van der Waals surface area contributed by atoms with Crippen LogP contribution in [0.15, 0.2) is 41.4 Å². The highest BCUT2D eigenvalue weighted by Crippen LogP contribution is 2.42. The Kier molecular flexibility index (Phi) is 16.0. The zero-order valence-electron chi connectivity index (χ0n) is 30.9. The van der Waals surface area contributed by atoms with Crippen molar-refractivity contribution in [1.29, 1.82) is 0 Å². The quantitative estimate of drug-likeness (QED) is 0.0293. The summed E-state index contributed by atoms with van der Waals surface area (Å²) in [6, 6.07) is -1.07. The van der Waals surface area contributed by atoms with E-state index in [2.05, 4.69) is 22.2 Å². The fraction of sp³-hybridized carbons (Fsp3) is 0.694. The maximum atomic E-state index is 13.4. The van der Waals surface area contributed by atoms with E-state index in [0.717, 1.165) is 5.57 Å². The summed E-state index contributed by atoms with van der Waals surface area (Å²) in [6.07, 6.45) is 4.49. The van der Waals surface area contributed by atoms with Crippen molar-refractivity contribution in [2.75, 3.05) is 20.4 Å². The van der Waals surface area contributed by atoms with Gasteiger partial charge in [0.25, 0.3) is 5.91 Å². The molecule has 3 heterocycles. The lowest BCUT2D eigenvalue weighted by molar-refractivity contribution is -0.305. The molecule has 0 spiro atoms. The van der Waals surface area contributed by atoms with Crippen LogP contribution < -0.4 is 22.1 Å². The molecule has 16 nitrogen and oxygen atoms in total. The molecule has 3 saturated heterocycles. The number of amides is 2. The number of allylic oxidation sites excluding steroid dienone is 3. The second kappa shape index (κ2) is 19.4. The number of carbonyl (C=O) groups excluding carboxylic acids is 3. The molecule has 0 bridgehead atoms. The molecular weight excluding hydrogens is 678 g/mol. The van der Waals surface area contributed by atoms with Crippen molar-refractivity contribution in [2.24, 2.45) is 27.8 Å². The second-order valence-corrected chi connectivity index (χ2v) is 14.3. The number of aliphatic imine (C=N–C) groups is 1. The summed E-state index contributed by atoms with van der Waals surface area (Å²) in [7, 11) is 1.37. The molecule has 16 heteroatoms. The van der Waals surface area contributed by atoms with E-state index in [1.165, 1.54) is 19.3 Å². The van der Waals surface area contributed by atoms with Gasteiger partial charge in [-0.25, -0.2) is 4.79 Å². The molecule has 8 N–H and O–H groups in total. The average molecular weight is 736 g/mol. The molecule has 2 amide bonds. The number of aliphatic hydroxyl groups excluding tert-OH is 1. The van der Waals surface area contributed by atoms with Crippen molar-refractivity contribution in [1.82, 2.24) is 10.6 Å². The van der Waals surface area contributed by atoms with Crippen LogP contribution in [-0.2, 0) is 42.9 Å². The van der Waals surface area contributed by atoms with Gasteiger partial charge >= 0.3 is 5.97 Å². The number of aliphatic hydroxyl groups is 1. The monoisotopic (exact) mass is 735 g/mol. The van der Waals surface area contributed by atoms with Gasteiger partial charge in [-0.15, -0.1) is 0 Å². The number of rotatable bonds is 18. The Balaban J connectivity index is 1.48. The molecular formula is C36H57N5O11. The lowest BCUT2D eigenvalue weighted by Crippen LogP contribution is -2.65. The molecule has 0 aromatic carbocycles. The minimum atomic E-state index is -1.68. The minimum absolute atomic E-state index is 0.00751. The number of methoxy groups -OCH3 is 1. The minimum Gasteiger partial charge on any atom is -0.480 e. The molecule has 0 aromatic rings. The van der Waals surface area contributed by atoms with Crippen molar-refractivity contribution in [3.05, 3.63) is 36.5 Å². The summed E-state index contributed by atoms with van der Waals surface area (Å²) in [5, 5.41) is 25.7. The number of nitrogens with zero attached hydrogens (tertiary/aromatic N) is 1. The number of carbonyl (C=O) groups is 4. The first-order valence-corrected chi connectivity index (χ1v) is 17.7. The van der Waals surface area contributed by atoms with Crippen LogP contribution in [0.2, 0.25) is 0 Å². The van der Waals surface area contributed by atoms with Crippen LogP contribution in [-0.4, -0.2) is 109 Å². The van der Waals surface area contributed by atoms with Gasteiger partial charge in [-0.3, -0.25) is 19.4 Å². The Morgan fingerprint density at radius 2 is 1.88 bits per heavy atom. The fourth-order valence-electron chi connectivity index (χ4n) is 6.49. The third kappa shape index (κ3) is 11.9. The number of nitrogens with two attached hydrogens (primary N) is 2. The van der Waals surface area contributed by atoms with Gasteiger partial charge in [-0.1, -0.05) is 51.2 Å². The molecule has 3 fully saturated rings. The molecule has 9 atom stereocenters. The maximum absolute atomic E-state index is 13.4. The molecule has 3 aliphatic heterocycles. The van der Waals surface area contributed by atoms with Gasteiger partial charge in [0.2, 0.25) is 11.7 Å². The van der Waals surface area contributed by atoms with Crippen LogP contribution in [0.3, 0.4) is 0 Å². The highest BCUT2D eigenvalue weighted by atomic mass is 16.7. The number of ether oxygens (including phenoxy) is 5. The number of hydrogen-bond acceptors (Lipinski definition) is 11. The largest absolute Gasteiger partial charge is 0.480 e. The Bertz CT molecular complexity index is 1360. The predicted octanol–water partition coefficient (Wildman–Crippen LogP) is 1.55. The first-order chi connectivity index (χ1) is 24.5. The molecule has 292 valence electrons. The summed E-state index contributed by atoms with van der Waals surface area (Å²) in [5.41, 5.74) is 10.9. The van der Waals surface area contributed by atoms with Gasteiger partial charge in [0, 0.05) is 44.9 Å². The van der Waals surface area contributed by atoms with E-state index < -0.39 is 65.7 Å². The van der Waals surface area contributed by atoms with Crippen LogP contribution >= 0.6 is 0 Å². The van der Waals surface area contributed by atoms with E-state index in [1.807, 2.05) is 33.8 Å². The Morgan fingerprint density at radius 1 is 1.15 bits per heavy atom. The molecule has 0 aliphatic carbocycles. The predicted molar refractivity (Wildman–Crippen MR) is 190 cm³/mol. The van der Waals surface area contributed by atoms with Crippen LogP contribution in [0.25, 0.3) is 0 Å². The fourth-order valence-corrected chi connectivity index (χ4v) is 6.49. The summed E-state index contributed by atoms with van der Waals surface area (Å²) in [6.45, 7) is 12.1. The number of ketones is 1. The Morgan fingerprint density at radius 3 is 2.54 bits per heavy atom. The number of nitrogens with one attached hydrogen (secondary N) is 2. The smallest absolute Gasteiger partial charge is 0.326 e. The van der Waals surface area contributed by atoms with Gasteiger partial charge in [0.05, 0.1) is 18.3 Å². The number of carboxylic acid groups (broad SMARTS) is 1. The highest BCUT2D eigenvalue weighted by molar-refractivity contribution is 5.91. The third-order valence-corrected chi connectivity index (χ3v) is 9.91. The Labute approximate surface area is 305 Å². The maximum Gasteiger partial charge on any atom is 0.326 e. The number of guanidine groups is 1. The van der Waals surface area contributed by atoms with Crippen LogP contribution in [0.1, 0.15) is 79.1 Å². The van der Waals surface area contributed by atoms with Crippen LogP contribution in [0, 0.1) is 11.3 Å². The van der Waals surface area contributed by atoms with Gasteiger partial charge < -0.3 is 56.0 Å². The third-order valence-electron chi connectivity index (χ3n) is 9.91. The SMILES string of the molecule is C=C1C[C@](OC)([C@H](O)C(=O)N[C@H]2OCO[C@@H]3CC(C)(C)[C@@H](CC(=O)CCC/C=C/C=C/C(=O)N[C@@H](CCCN=C(N)N)C(=O)O)O[C@@H]32)O[C@H](C)[C@@H]1C. The lowest BCUT2D eigenvalue weighted by atomic mass is 9.75. The molecule has 0 aromatic heterocycles. The standard InChI is InChI=1S/C36H57N5O11/c1-21-18-36(48-6,52-23(3)22(21)2)30(44)31(45)41-32-29-26(49-20-50-32)19-35(4,5)27(51-29)17-24(42)13-10-8-7-9-11-15-28(43)40-25(33(46)47)14-12-16-39-34(37)38/h7,9,11,15,22-23,25-27,29-30,32,44H,1,8,10,12-14,16-20H2,2-6H3,(H,40,43)(H,41,45)(H,46,47)(H4,37,38,39)/b9-7+,15-11+/t22-,23-,25+,26-,27-,29+,30-,32+,36-/m1/s1. The lowest BCUT2D eigenvalue weighted by Gasteiger charge is -2.50. The molecule has 3 rings (SSSR count). The molecule has 0 saturated carbocycles. The Hall–Kier alpha value is -3.67. The molecule has 0 radical (unpaired) electrons. The molecule has 0 unspecified atom stereocenters. The highest BCUT2D eigenvalue weighted by Gasteiger charge is 2.53. The second-order valence-electron chi connectivity index (χ2n) is 14.3. The van der Waals surface area contributed by atoms with Gasteiger partial charge in [-0.05, 0) is 44.4 Å². The van der Waals surface area contributed by atoms with Crippen molar-refractivity contribution in [3.8, 4) is 0 Å². The first-order valence-electron chi connectivity index (χ1n) is 17.7. The summed E-state index contributed by atoms with van der Waals surface area (Å²) >= 11 is 0. The molecule has 3 aliphatic rings. The number of carboxylic acids is 1. The zero-order chi connectivity index (χ0) is 38.6. The van der Waals surface area contributed by atoms with Crippen molar-refractivity contribution < 1.29 is 53.1 Å². The van der Waals surface area contributed by atoms with E-state index in [-0.39, 0.29) is 56.4 Å². The first kappa shape index (κ1) is 42.7. The summed E-state index contributed by atoms with van der Waals surface area (Å²) in [4.78, 5) is 53.8. The summed E-state index contributed by atoms with van der Waals surface area (Å²) < 4.78 is 29.6. The van der Waals surface area contributed by atoms with Crippen molar-refractivity contribution >= 4 is 29.5 Å². The zero-order valence-corrected chi connectivity index (χ0v) is 30.9. The van der Waals surface area contributed by atoms with E-state index in [1.54, 1.807) is 6.08 Å². The number of hydrogen-bond donors (Lipinski definition) is 6. The van der Waals surface area contributed by atoms with E-state index >= 15 is 0 Å². The van der Waals surface area contributed by atoms with Gasteiger partial charge in [0.15, 0.2) is 18.3 Å². The van der Waals surface area contributed by atoms with Crippen molar-refractivity contribution in [3.63, 3.8) is 0 Å². The molecule has 52 heavy (non-hydrogen) atoms. The van der Waals surface area contributed by atoms with Gasteiger partial charge in [0.1, 0.15) is 24.7 Å². The van der Waals surface area contributed by atoms with E-state index in [9.17, 15) is 29.4 Å². The number of unbranched alkanes of at least 4 members (excludes halogenated alkanes) is 1. The topological polar surface area (TPSA) is 243 Å². The number of fused-ring (bicyclic) bond motifs is 1. The number of Topliss-reactive ketones (excluding diaryl/α,β-unsaturated/α-hetero) is 1. The van der Waals surface area contributed by atoms with Crippen LogP contribution in [0.4, 0.5) is 0 Å². The average Bonchev–Trinajstić information content (AvgIpc) is 3.07. The summed E-state index contributed by atoms with van der Waals surface area (Å²) in [5.74, 6) is -4.12.